The van der Waals surface area contributed by atoms with E-state index in [1.54, 1.807) is 32.0 Å². The van der Waals surface area contributed by atoms with E-state index >= 15 is 0 Å². The summed E-state index contributed by atoms with van der Waals surface area (Å²) >= 11 is 5.97. The Morgan fingerprint density at radius 2 is 1.54 bits per heavy atom. The summed E-state index contributed by atoms with van der Waals surface area (Å²) in [7, 11) is 0. The van der Waals surface area contributed by atoms with Crippen LogP contribution in [0.3, 0.4) is 0 Å². The van der Waals surface area contributed by atoms with Crippen LogP contribution in [0.1, 0.15) is 38.2 Å². The Bertz CT molecular complexity index is 678. The van der Waals surface area contributed by atoms with Gasteiger partial charge < -0.3 is 10.1 Å². The van der Waals surface area contributed by atoms with Crippen molar-refractivity contribution in [2.24, 2.45) is 0 Å². The molecule has 26 heavy (non-hydrogen) atoms. The average Bonchev–Trinajstić information content (AvgIpc) is 2.60. The number of hydrazine groups is 1. The van der Waals surface area contributed by atoms with Gasteiger partial charge in [0.2, 0.25) is 17.7 Å². The predicted molar refractivity (Wildman–Crippen MR) is 96.2 cm³/mol. The maximum atomic E-state index is 11.9. The highest BCUT2D eigenvalue weighted by Crippen LogP contribution is 2.22. The largest absolute Gasteiger partial charge is 0.466 e. The third kappa shape index (κ3) is 7.98. The normalized spacial score (nSPS) is 9.96. The van der Waals surface area contributed by atoms with E-state index in [2.05, 4.69) is 20.9 Å². The summed E-state index contributed by atoms with van der Waals surface area (Å²) in [6.07, 6.45) is -0.343. The maximum absolute atomic E-state index is 11.9. The van der Waals surface area contributed by atoms with Crippen molar-refractivity contribution in [3.63, 3.8) is 0 Å². The average molecular weight is 384 g/mol. The second-order valence-electron chi connectivity index (χ2n) is 5.36. The van der Waals surface area contributed by atoms with Gasteiger partial charge in [0.05, 0.1) is 13.0 Å². The van der Waals surface area contributed by atoms with E-state index in [-0.39, 0.29) is 38.2 Å². The lowest BCUT2D eigenvalue weighted by atomic mass is 10.2. The van der Waals surface area contributed by atoms with Crippen molar-refractivity contribution in [3.05, 3.63) is 28.8 Å². The van der Waals surface area contributed by atoms with Crippen molar-refractivity contribution in [1.29, 1.82) is 0 Å². The smallest absolute Gasteiger partial charge is 0.306 e. The van der Waals surface area contributed by atoms with E-state index in [1.807, 2.05) is 0 Å². The molecule has 0 radical (unpaired) electrons. The zero-order valence-electron chi connectivity index (χ0n) is 14.7. The molecule has 0 aliphatic carbocycles. The van der Waals surface area contributed by atoms with Crippen molar-refractivity contribution in [1.82, 2.24) is 10.9 Å². The summed E-state index contributed by atoms with van der Waals surface area (Å²) in [6.45, 7) is 3.69. The van der Waals surface area contributed by atoms with Crippen molar-refractivity contribution in [2.45, 2.75) is 39.5 Å². The monoisotopic (exact) mass is 383 g/mol. The minimum atomic E-state index is -0.523. The van der Waals surface area contributed by atoms with Gasteiger partial charge in [-0.15, -0.1) is 0 Å². The fraction of sp³-hybridized carbons (Fsp3) is 0.412. The van der Waals surface area contributed by atoms with E-state index < -0.39 is 17.8 Å². The van der Waals surface area contributed by atoms with Gasteiger partial charge in [0, 0.05) is 30.0 Å². The SMILES string of the molecule is CCOC(=O)CCC(=O)NNC(=O)CCC(=O)Nc1cccc(Cl)c1C. The number of benzene rings is 1. The first-order valence-electron chi connectivity index (χ1n) is 8.11. The minimum Gasteiger partial charge on any atom is -0.466 e. The summed E-state index contributed by atoms with van der Waals surface area (Å²) in [6, 6.07) is 5.14. The molecule has 0 saturated heterocycles. The number of hydrogen-bond acceptors (Lipinski definition) is 5. The molecule has 0 atom stereocenters. The van der Waals surface area contributed by atoms with Crippen LogP contribution in [0.25, 0.3) is 0 Å². The molecular weight excluding hydrogens is 362 g/mol. The third-order valence-corrected chi connectivity index (χ3v) is 3.73. The first kappa shape index (κ1) is 21.4. The van der Waals surface area contributed by atoms with E-state index in [4.69, 9.17) is 11.6 Å². The molecule has 0 heterocycles. The molecule has 0 spiro atoms. The summed E-state index contributed by atoms with van der Waals surface area (Å²) < 4.78 is 4.69. The molecule has 0 saturated carbocycles. The Morgan fingerprint density at radius 3 is 2.15 bits per heavy atom. The summed E-state index contributed by atoms with van der Waals surface area (Å²) in [5.74, 6) is -1.88. The summed E-state index contributed by atoms with van der Waals surface area (Å²) in [4.78, 5) is 46.1. The van der Waals surface area contributed by atoms with Gasteiger partial charge in [0.15, 0.2) is 0 Å². The number of nitrogens with one attached hydrogen (secondary N) is 3. The van der Waals surface area contributed by atoms with E-state index in [1.165, 1.54) is 0 Å². The van der Waals surface area contributed by atoms with Crippen LogP contribution in [0, 0.1) is 6.92 Å². The maximum Gasteiger partial charge on any atom is 0.306 e. The van der Waals surface area contributed by atoms with Crippen LogP contribution in [0.4, 0.5) is 5.69 Å². The van der Waals surface area contributed by atoms with Gasteiger partial charge in [-0.1, -0.05) is 17.7 Å². The lowest BCUT2D eigenvalue weighted by Gasteiger charge is -2.10. The number of ether oxygens (including phenoxy) is 1. The molecule has 0 aliphatic heterocycles. The fourth-order valence-electron chi connectivity index (χ4n) is 1.90. The van der Waals surface area contributed by atoms with Crippen molar-refractivity contribution < 1.29 is 23.9 Å². The molecule has 1 aromatic carbocycles. The van der Waals surface area contributed by atoms with Crippen LogP contribution in [0.2, 0.25) is 5.02 Å². The molecule has 0 bridgehead atoms. The second kappa shape index (κ2) is 11.1. The zero-order chi connectivity index (χ0) is 19.5. The van der Waals surface area contributed by atoms with Crippen LogP contribution in [-0.2, 0) is 23.9 Å². The topological polar surface area (TPSA) is 114 Å². The highest BCUT2D eigenvalue weighted by Gasteiger charge is 2.11. The first-order chi connectivity index (χ1) is 12.3. The van der Waals surface area contributed by atoms with Gasteiger partial charge in [0.25, 0.3) is 0 Å². The molecule has 0 fully saturated rings. The molecule has 9 heteroatoms. The number of hydrogen-bond donors (Lipinski definition) is 3. The van der Waals surface area contributed by atoms with Crippen LogP contribution >= 0.6 is 11.6 Å². The molecule has 8 nitrogen and oxygen atoms in total. The second-order valence-corrected chi connectivity index (χ2v) is 5.77. The lowest BCUT2D eigenvalue weighted by molar-refractivity contribution is -0.144. The van der Waals surface area contributed by atoms with Gasteiger partial charge in [-0.2, -0.15) is 0 Å². The Hall–Kier alpha value is -2.61. The number of rotatable bonds is 8. The molecular formula is C17H22ClN3O5. The highest BCUT2D eigenvalue weighted by atomic mass is 35.5. The van der Waals surface area contributed by atoms with E-state index in [0.29, 0.717) is 10.7 Å². The van der Waals surface area contributed by atoms with E-state index in [0.717, 1.165) is 5.56 Å². The van der Waals surface area contributed by atoms with Crippen LogP contribution in [-0.4, -0.2) is 30.3 Å². The van der Waals surface area contributed by atoms with E-state index in [9.17, 15) is 19.2 Å². The first-order valence-corrected chi connectivity index (χ1v) is 8.49. The molecule has 3 N–H and O–H groups in total. The Balaban J connectivity index is 2.27. The van der Waals surface area contributed by atoms with Crippen LogP contribution < -0.4 is 16.2 Å². The predicted octanol–water partition coefficient (Wildman–Crippen LogP) is 1.86. The number of carbonyl (C=O) groups excluding carboxylic acids is 4. The van der Waals surface area contributed by atoms with Crippen molar-refractivity contribution in [2.75, 3.05) is 11.9 Å². The Morgan fingerprint density at radius 1 is 0.962 bits per heavy atom. The molecule has 0 aliphatic rings. The summed E-state index contributed by atoms with van der Waals surface area (Å²) in [5.41, 5.74) is 5.68. The Kier molecular flexibility index (Phi) is 9.14. The molecule has 3 amide bonds. The molecule has 0 unspecified atom stereocenters. The zero-order valence-corrected chi connectivity index (χ0v) is 15.4. The van der Waals surface area contributed by atoms with Crippen LogP contribution in [0.15, 0.2) is 18.2 Å². The fourth-order valence-corrected chi connectivity index (χ4v) is 2.07. The molecule has 0 aromatic heterocycles. The summed E-state index contributed by atoms with van der Waals surface area (Å²) in [5, 5.41) is 3.21. The minimum absolute atomic E-state index is 0.0590. The standard InChI is InChI=1S/C17H22ClN3O5/c1-3-26-17(25)10-9-16(24)21-20-15(23)8-7-14(22)19-13-6-4-5-12(18)11(13)2/h4-6H,3,7-10H2,1-2H3,(H,19,22)(H,20,23)(H,21,24). The number of anilines is 1. The van der Waals surface area contributed by atoms with Gasteiger partial charge in [-0.3, -0.25) is 30.0 Å². The quantitative estimate of drug-likeness (QED) is 0.468. The van der Waals surface area contributed by atoms with Gasteiger partial charge >= 0.3 is 5.97 Å². The number of halogens is 1. The van der Waals surface area contributed by atoms with Gasteiger partial charge in [-0.05, 0) is 31.5 Å². The highest BCUT2D eigenvalue weighted by molar-refractivity contribution is 6.31. The number of carbonyl (C=O) groups is 4. The van der Waals surface area contributed by atoms with Crippen molar-refractivity contribution in [3.8, 4) is 0 Å². The molecule has 142 valence electrons. The lowest BCUT2D eigenvalue weighted by Crippen LogP contribution is -2.41. The van der Waals surface area contributed by atoms with Gasteiger partial charge in [-0.25, -0.2) is 0 Å². The Labute approximate surface area is 156 Å². The third-order valence-electron chi connectivity index (χ3n) is 3.32. The van der Waals surface area contributed by atoms with Crippen LogP contribution in [0.5, 0.6) is 0 Å². The number of esters is 1. The number of amides is 3. The van der Waals surface area contributed by atoms with Crippen molar-refractivity contribution >= 4 is 41.0 Å². The van der Waals surface area contributed by atoms with Gasteiger partial charge in [0.1, 0.15) is 0 Å². The molecule has 1 aromatic rings. The molecule has 1 rings (SSSR count).